The molecule has 122 valence electrons. The van der Waals surface area contributed by atoms with Crippen molar-refractivity contribution >= 4 is 18.4 Å². The Hall–Kier alpha value is -1.11. The molecule has 0 aromatic carbocycles. The lowest BCUT2D eigenvalue weighted by Crippen LogP contribution is -2.41. The molecular formula is C16H27BN2O3. The molecule has 1 fully saturated rings. The molecule has 0 bridgehead atoms. The monoisotopic (exact) mass is 306 g/mol. The van der Waals surface area contributed by atoms with E-state index in [0.29, 0.717) is 13.0 Å². The number of anilines is 1. The van der Waals surface area contributed by atoms with Crippen LogP contribution in [0.3, 0.4) is 0 Å². The quantitative estimate of drug-likeness (QED) is 0.813. The van der Waals surface area contributed by atoms with E-state index in [4.69, 9.17) is 9.31 Å². The summed E-state index contributed by atoms with van der Waals surface area (Å²) in [5.41, 5.74) is 1.34. The first-order valence-electron chi connectivity index (χ1n) is 7.86. The fourth-order valence-electron chi connectivity index (χ4n) is 2.29. The molecule has 2 heterocycles. The minimum absolute atomic E-state index is 0.308. The van der Waals surface area contributed by atoms with Gasteiger partial charge in [-0.15, -0.1) is 0 Å². The van der Waals surface area contributed by atoms with Crippen LogP contribution in [-0.4, -0.2) is 41.1 Å². The van der Waals surface area contributed by atoms with Gasteiger partial charge in [0, 0.05) is 18.2 Å². The smallest absolute Gasteiger partial charge is 0.399 e. The minimum Gasteiger partial charge on any atom is -0.399 e. The molecule has 1 aromatic rings. The maximum Gasteiger partial charge on any atom is 0.496 e. The van der Waals surface area contributed by atoms with Crippen molar-refractivity contribution in [2.24, 2.45) is 0 Å². The standard InChI is InChI=1S/C16H27BN2O3/c1-11-9-14(18-8-7-12(2)20)19-10-13(11)17-21-15(3,4)16(5,6)22-17/h9-10,12,20H,7-8H2,1-6H3,(H,18,19). The number of hydrogen-bond acceptors (Lipinski definition) is 5. The van der Waals surface area contributed by atoms with E-state index in [2.05, 4.69) is 10.3 Å². The summed E-state index contributed by atoms with van der Waals surface area (Å²) in [6, 6.07) is 1.99. The van der Waals surface area contributed by atoms with Crippen molar-refractivity contribution in [2.75, 3.05) is 11.9 Å². The highest BCUT2D eigenvalue weighted by Crippen LogP contribution is 2.36. The summed E-state index contributed by atoms with van der Waals surface area (Å²) in [5, 5.41) is 12.5. The van der Waals surface area contributed by atoms with E-state index in [1.165, 1.54) is 0 Å². The molecule has 1 unspecified atom stereocenters. The van der Waals surface area contributed by atoms with Gasteiger partial charge < -0.3 is 19.7 Å². The molecule has 0 aliphatic carbocycles. The van der Waals surface area contributed by atoms with Crippen LogP contribution in [0.5, 0.6) is 0 Å². The van der Waals surface area contributed by atoms with Crippen LogP contribution in [0.2, 0.25) is 0 Å². The Bertz CT molecular complexity index is 516. The third-order valence-electron chi connectivity index (χ3n) is 4.53. The minimum atomic E-state index is -0.385. The second kappa shape index (κ2) is 6.18. The number of aromatic nitrogens is 1. The van der Waals surface area contributed by atoms with Gasteiger partial charge in [-0.2, -0.15) is 0 Å². The van der Waals surface area contributed by atoms with E-state index < -0.39 is 0 Å². The van der Waals surface area contributed by atoms with Crippen molar-refractivity contribution in [3.63, 3.8) is 0 Å². The maximum atomic E-state index is 9.28. The van der Waals surface area contributed by atoms with Crippen LogP contribution in [0.15, 0.2) is 12.3 Å². The Morgan fingerprint density at radius 1 is 1.27 bits per heavy atom. The van der Waals surface area contributed by atoms with Crippen LogP contribution in [0, 0.1) is 6.92 Å². The molecule has 0 saturated carbocycles. The van der Waals surface area contributed by atoms with Gasteiger partial charge in [0.15, 0.2) is 0 Å². The van der Waals surface area contributed by atoms with Crippen molar-refractivity contribution in [1.82, 2.24) is 4.98 Å². The molecule has 0 radical (unpaired) electrons. The summed E-state index contributed by atoms with van der Waals surface area (Å²) in [6.45, 7) is 12.7. The number of nitrogens with zero attached hydrogens (tertiary/aromatic N) is 1. The number of aryl methyl sites for hydroxylation is 1. The molecule has 2 rings (SSSR count). The highest BCUT2D eigenvalue weighted by Gasteiger charge is 2.52. The van der Waals surface area contributed by atoms with Crippen LogP contribution in [0.25, 0.3) is 0 Å². The SMILES string of the molecule is Cc1cc(NCCC(C)O)ncc1B1OC(C)(C)C(C)(C)O1. The molecule has 5 nitrogen and oxygen atoms in total. The Morgan fingerprint density at radius 3 is 2.36 bits per heavy atom. The first-order valence-corrected chi connectivity index (χ1v) is 7.86. The molecule has 0 spiro atoms. The van der Waals surface area contributed by atoms with E-state index in [1.807, 2.05) is 46.9 Å². The number of hydrogen-bond donors (Lipinski definition) is 2. The van der Waals surface area contributed by atoms with E-state index in [1.54, 1.807) is 6.92 Å². The van der Waals surface area contributed by atoms with Gasteiger partial charge in [0.2, 0.25) is 0 Å². The van der Waals surface area contributed by atoms with Crippen molar-refractivity contribution in [3.8, 4) is 0 Å². The molecule has 6 heteroatoms. The highest BCUT2D eigenvalue weighted by molar-refractivity contribution is 6.62. The number of aliphatic hydroxyl groups is 1. The molecule has 22 heavy (non-hydrogen) atoms. The number of pyridine rings is 1. The zero-order valence-corrected chi connectivity index (χ0v) is 14.4. The van der Waals surface area contributed by atoms with E-state index in [9.17, 15) is 5.11 Å². The van der Waals surface area contributed by atoms with Crippen LogP contribution >= 0.6 is 0 Å². The predicted octanol–water partition coefficient (Wildman–Crippen LogP) is 1.87. The van der Waals surface area contributed by atoms with Gasteiger partial charge in [-0.05, 0) is 59.6 Å². The third-order valence-corrected chi connectivity index (χ3v) is 4.53. The zero-order chi connectivity index (χ0) is 16.5. The fraction of sp³-hybridized carbons (Fsp3) is 0.688. The average molecular weight is 306 g/mol. The lowest BCUT2D eigenvalue weighted by molar-refractivity contribution is 0.00578. The lowest BCUT2D eigenvalue weighted by atomic mass is 9.77. The van der Waals surface area contributed by atoms with E-state index in [0.717, 1.165) is 16.8 Å². The van der Waals surface area contributed by atoms with Crippen LogP contribution in [0.4, 0.5) is 5.82 Å². The van der Waals surface area contributed by atoms with Gasteiger partial charge in [-0.25, -0.2) is 4.98 Å². The van der Waals surface area contributed by atoms with Crippen LogP contribution in [0.1, 0.15) is 46.6 Å². The molecule has 0 amide bonds. The van der Waals surface area contributed by atoms with Gasteiger partial charge in [-0.1, -0.05) is 0 Å². The number of nitrogens with one attached hydrogen (secondary N) is 1. The van der Waals surface area contributed by atoms with E-state index in [-0.39, 0.29) is 24.4 Å². The summed E-state index contributed by atoms with van der Waals surface area (Å²) in [4.78, 5) is 4.42. The van der Waals surface area contributed by atoms with Gasteiger partial charge in [0.05, 0.1) is 17.3 Å². The van der Waals surface area contributed by atoms with Crippen LogP contribution in [-0.2, 0) is 9.31 Å². The maximum absolute atomic E-state index is 9.28. The van der Waals surface area contributed by atoms with Crippen molar-refractivity contribution in [2.45, 2.75) is 65.3 Å². The lowest BCUT2D eigenvalue weighted by Gasteiger charge is -2.32. The fourth-order valence-corrected chi connectivity index (χ4v) is 2.29. The molecule has 1 aliphatic heterocycles. The van der Waals surface area contributed by atoms with E-state index >= 15 is 0 Å². The summed E-state index contributed by atoms with van der Waals surface area (Å²) >= 11 is 0. The van der Waals surface area contributed by atoms with Gasteiger partial charge in [0.25, 0.3) is 0 Å². The van der Waals surface area contributed by atoms with Gasteiger partial charge in [-0.3, -0.25) is 0 Å². The highest BCUT2D eigenvalue weighted by atomic mass is 16.7. The van der Waals surface area contributed by atoms with Gasteiger partial charge in [0.1, 0.15) is 5.82 Å². The Morgan fingerprint density at radius 2 is 1.86 bits per heavy atom. The van der Waals surface area contributed by atoms with Crippen LogP contribution < -0.4 is 10.8 Å². The molecular weight excluding hydrogens is 279 g/mol. The molecule has 2 N–H and O–H groups in total. The Balaban J connectivity index is 2.08. The third kappa shape index (κ3) is 3.62. The second-order valence-electron chi connectivity index (χ2n) is 7.08. The van der Waals surface area contributed by atoms with Crippen molar-refractivity contribution < 1.29 is 14.4 Å². The van der Waals surface area contributed by atoms with Crippen molar-refractivity contribution in [3.05, 3.63) is 17.8 Å². The Kier molecular flexibility index (Phi) is 4.85. The molecule has 1 aromatic heterocycles. The number of aliphatic hydroxyl groups excluding tert-OH is 1. The first-order chi connectivity index (χ1) is 10.1. The zero-order valence-electron chi connectivity index (χ0n) is 14.4. The first kappa shape index (κ1) is 17.3. The summed E-state index contributed by atoms with van der Waals surface area (Å²) in [7, 11) is -0.385. The molecule has 1 atom stereocenters. The van der Waals surface area contributed by atoms with Gasteiger partial charge >= 0.3 is 7.12 Å². The second-order valence-corrected chi connectivity index (χ2v) is 7.08. The number of rotatable bonds is 5. The largest absolute Gasteiger partial charge is 0.496 e. The molecule has 1 aliphatic rings. The van der Waals surface area contributed by atoms with Crippen molar-refractivity contribution in [1.29, 1.82) is 0 Å². The topological polar surface area (TPSA) is 63.6 Å². The summed E-state index contributed by atoms with van der Waals surface area (Å²) < 4.78 is 12.1. The Labute approximate surface area is 133 Å². The molecule has 1 saturated heterocycles. The summed E-state index contributed by atoms with van der Waals surface area (Å²) in [5.74, 6) is 0.804. The summed E-state index contributed by atoms with van der Waals surface area (Å²) in [6.07, 6.45) is 2.19. The average Bonchev–Trinajstić information content (AvgIpc) is 2.57. The predicted molar refractivity (Wildman–Crippen MR) is 89.5 cm³/mol. The normalized spacial score (nSPS) is 21.0.